The SMILES string of the molecule is CCCCCCOc1ccccc1Nc1nc(Nc2ccc(CCCC)cc2)ncc1C(F)(F)F. The summed E-state index contributed by atoms with van der Waals surface area (Å²) in [6.45, 7) is 4.77. The number of aryl methyl sites for hydroxylation is 1. The fraction of sp³-hybridized carbons (Fsp3) is 0.407. The third-order valence-corrected chi connectivity index (χ3v) is 5.52. The maximum absolute atomic E-state index is 13.7. The van der Waals surface area contributed by atoms with Gasteiger partial charge in [-0.25, -0.2) is 4.98 Å². The number of alkyl halides is 3. The fourth-order valence-electron chi connectivity index (χ4n) is 3.54. The van der Waals surface area contributed by atoms with Crippen molar-refractivity contribution in [2.45, 2.75) is 65.0 Å². The number of halogens is 3. The summed E-state index contributed by atoms with van der Waals surface area (Å²) < 4.78 is 47.0. The van der Waals surface area contributed by atoms with Crippen LogP contribution in [0.15, 0.2) is 54.7 Å². The molecule has 0 aliphatic heterocycles. The molecule has 0 aliphatic rings. The molecule has 0 aliphatic carbocycles. The summed E-state index contributed by atoms with van der Waals surface area (Å²) in [4.78, 5) is 8.06. The Hall–Kier alpha value is -3.29. The Kier molecular flexibility index (Phi) is 9.76. The Bertz CT molecular complexity index is 1060. The van der Waals surface area contributed by atoms with Crippen LogP contribution in [0, 0.1) is 0 Å². The van der Waals surface area contributed by atoms with E-state index in [1.807, 2.05) is 24.3 Å². The van der Waals surface area contributed by atoms with Crippen LogP contribution < -0.4 is 15.4 Å². The molecule has 188 valence electrons. The van der Waals surface area contributed by atoms with E-state index in [-0.39, 0.29) is 11.8 Å². The third kappa shape index (κ3) is 8.16. The van der Waals surface area contributed by atoms with Crippen LogP contribution in [0.3, 0.4) is 0 Å². The minimum atomic E-state index is -4.61. The van der Waals surface area contributed by atoms with Crippen LogP contribution in [-0.2, 0) is 12.6 Å². The molecule has 0 fully saturated rings. The molecule has 35 heavy (non-hydrogen) atoms. The molecule has 1 aromatic heterocycles. The van der Waals surface area contributed by atoms with Crippen molar-refractivity contribution in [3.05, 3.63) is 65.9 Å². The van der Waals surface area contributed by atoms with E-state index in [0.29, 0.717) is 23.7 Å². The van der Waals surface area contributed by atoms with E-state index >= 15 is 0 Å². The molecule has 0 radical (unpaired) electrons. The van der Waals surface area contributed by atoms with Crippen LogP contribution in [0.5, 0.6) is 5.75 Å². The van der Waals surface area contributed by atoms with E-state index in [1.54, 1.807) is 24.3 Å². The molecule has 3 rings (SSSR count). The maximum atomic E-state index is 13.7. The molecule has 0 atom stereocenters. The summed E-state index contributed by atoms with van der Waals surface area (Å²) in [5, 5.41) is 5.82. The van der Waals surface area contributed by atoms with Crippen LogP contribution in [-0.4, -0.2) is 16.6 Å². The van der Waals surface area contributed by atoms with Crippen molar-refractivity contribution in [1.29, 1.82) is 0 Å². The van der Waals surface area contributed by atoms with Crippen LogP contribution in [0.1, 0.15) is 63.5 Å². The van der Waals surface area contributed by atoms with Crippen molar-refractivity contribution in [2.75, 3.05) is 17.2 Å². The van der Waals surface area contributed by atoms with Crippen molar-refractivity contribution in [3.8, 4) is 5.75 Å². The van der Waals surface area contributed by atoms with Crippen LogP contribution in [0.25, 0.3) is 0 Å². The number of nitrogens with zero attached hydrogens (tertiary/aromatic N) is 2. The van der Waals surface area contributed by atoms with Gasteiger partial charge in [0.25, 0.3) is 0 Å². The molecule has 3 aromatic rings. The molecular formula is C27H33F3N4O. The summed E-state index contributed by atoms with van der Waals surface area (Å²) >= 11 is 0. The number of hydrogen-bond donors (Lipinski definition) is 2. The zero-order valence-corrected chi connectivity index (χ0v) is 20.3. The summed E-state index contributed by atoms with van der Waals surface area (Å²) in [6.07, 6.45) is 3.55. The first-order valence-corrected chi connectivity index (χ1v) is 12.2. The number of aromatic nitrogens is 2. The number of rotatable bonds is 13. The number of anilines is 4. The molecule has 2 N–H and O–H groups in total. The fourth-order valence-corrected chi connectivity index (χ4v) is 3.54. The van der Waals surface area contributed by atoms with Crippen molar-refractivity contribution in [3.63, 3.8) is 0 Å². The largest absolute Gasteiger partial charge is 0.491 e. The van der Waals surface area contributed by atoms with Crippen LogP contribution in [0.4, 0.5) is 36.3 Å². The summed E-state index contributed by atoms with van der Waals surface area (Å²) in [5.74, 6) is 0.212. The van der Waals surface area contributed by atoms with Gasteiger partial charge in [0.1, 0.15) is 17.1 Å². The molecule has 0 bridgehead atoms. The van der Waals surface area contributed by atoms with Crippen molar-refractivity contribution in [2.24, 2.45) is 0 Å². The van der Waals surface area contributed by atoms with Crippen molar-refractivity contribution < 1.29 is 17.9 Å². The predicted molar refractivity (Wildman–Crippen MR) is 135 cm³/mol. The van der Waals surface area contributed by atoms with Gasteiger partial charge in [-0.1, -0.05) is 63.8 Å². The highest BCUT2D eigenvalue weighted by Gasteiger charge is 2.35. The highest BCUT2D eigenvalue weighted by molar-refractivity contribution is 5.67. The number of unbranched alkanes of at least 4 members (excludes halogenated alkanes) is 4. The molecule has 0 unspecified atom stereocenters. The van der Waals surface area contributed by atoms with E-state index in [0.717, 1.165) is 51.1 Å². The van der Waals surface area contributed by atoms with E-state index in [4.69, 9.17) is 4.74 Å². The highest BCUT2D eigenvalue weighted by Crippen LogP contribution is 2.37. The lowest BCUT2D eigenvalue weighted by Crippen LogP contribution is -2.13. The first kappa shape index (κ1) is 26.3. The molecular weight excluding hydrogens is 453 g/mol. The molecule has 5 nitrogen and oxygen atoms in total. The Morgan fingerprint density at radius 3 is 2.31 bits per heavy atom. The summed E-state index contributed by atoms with van der Waals surface area (Å²) in [7, 11) is 0. The van der Waals surface area contributed by atoms with Crippen molar-refractivity contribution in [1.82, 2.24) is 9.97 Å². The molecule has 0 amide bonds. The quantitative estimate of drug-likeness (QED) is 0.238. The monoisotopic (exact) mass is 486 g/mol. The lowest BCUT2D eigenvalue weighted by molar-refractivity contribution is -0.137. The lowest BCUT2D eigenvalue weighted by atomic mass is 10.1. The first-order valence-electron chi connectivity index (χ1n) is 12.2. The summed E-state index contributed by atoms with van der Waals surface area (Å²) in [6, 6.07) is 14.7. The second kappa shape index (κ2) is 13.0. The van der Waals surface area contributed by atoms with E-state index in [9.17, 15) is 13.2 Å². The topological polar surface area (TPSA) is 59.1 Å². The van der Waals surface area contributed by atoms with Gasteiger partial charge < -0.3 is 15.4 Å². The Balaban J connectivity index is 1.79. The average Bonchev–Trinajstić information content (AvgIpc) is 2.84. The minimum absolute atomic E-state index is 0.0692. The van der Waals surface area contributed by atoms with Gasteiger partial charge in [0.05, 0.1) is 12.3 Å². The number of ether oxygens (including phenoxy) is 1. The van der Waals surface area contributed by atoms with E-state index in [2.05, 4.69) is 34.4 Å². The van der Waals surface area contributed by atoms with E-state index in [1.165, 1.54) is 5.56 Å². The van der Waals surface area contributed by atoms with E-state index < -0.39 is 11.7 Å². The van der Waals surface area contributed by atoms with Gasteiger partial charge in [0, 0.05) is 11.9 Å². The summed E-state index contributed by atoms with van der Waals surface area (Å²) in [5.41, 5.74) is 1.38. The normalized spacial score (nSPS) is 11.3. The Morgan fingerprint density at radius 1 is 0.857 bits per heavy atom. The second-order valence-corrected chi connectivity index (χ2v) is 8.41. The predicted octanol–water partition coefficient (Wildman–Crippen LogP) is 8.28. The van der Waals surface area contributed by atoms with Gasteiger partial charge >= 0.3 is 6.18 Å². The highest BCUT2D eigenvalue weighted by atomic mass is 19.4. The number of nitrogens with one attached hydrogen (secondary N) is 2. The van der Waals surface area contributed by atoms with Gasteiger partial charge in [-0.05, 0) is 49.1 Å². The smallest absolute Gasteiger partial charge is 0.421 e. The third-order valence-electron chi connectivity index (χ3n) is 5.52. The molecule has 8 heteroatoms. The number of para-hydroxylation sites is 2. The number of benzene rings is 2. The average molecular weight is 487 g/mol. The Morgan fingerprint density at radius 2 is 1.60 bits per heavy atom. The van der Waals surface area contributed by atoms with Gasteiger partial charge in [-0.15, -0.1) is 0 Å². The van der Waals surface area contributed by atoms with Gasteiger partial charge in [-0.3, -0.25) is 0 Å². The van der Waals surface area contributed by atoms with Crippen molar-refractivity contribution >= 4 is 23.1 Å². The zero-order chi connectivity index (χ0) is 25.1. The number of hydrogen-bond acceptors (Lipinski definition) is 5. The second-order valence-electron chi connectivity index (χ2n) is 8.41. The Labute approximate surface area is 205 Å². The molecule has 0 spiro atoms. The minimum Gasteiger partial charge on any atom is -0.491 e. The first-order chi connectivity index (χ1) is 16.9. The van der Waals surface area contributed by atoms with Gasteiger partial charge in [0.15, 0.2) is 0 Å². The molecule has 1 heterocycles. The molecule has 2 aromatic carbocycles. The maximum Gasteiger partial charge on any atom is 0.421 e. The van der Waals surface area contributed by atoms with Crippen LogP contribution in [0.2, 0.25) is 0 Å². The van der Waals surface area contributed by atoms with Crippen LogP contribution >= 0.6 is 0 Å². The van der Waals surface area contributed by atoms with Gasteiger partial charge in [-0.2, -0.15) is 18.2 Å². The lowest BCUT2D eigenvalue weighted by Gasteiger charge is -2.17. The molecule has 0 saturated carbocycles. The molecule has 0 saturated heterocycles. The zero-order valence-electron chi connectivity index (χ0n) is 20.3. The standard InChI is InChI=1S/C27H33F3N4O/c1-3-5-7-10-18-35-24-13-9-8-12-23(24)33-25-22(27(28,29)30)19-31-26(34-25)32-21-16-14-20(15-17-21)11-6-4-2/h8-9,12-17,19H,3-7,10-11,18H2,1-2H3,(H2,31,32,33,34). The van der Waals surface area contributed by atoms with Gasteiger partial charge in [0.2, 0.25) is 5.95 Å².